The average Bonchev–Trinajstić information content (AvgIpc) is 2.20. The van der Waals surface area contributed by atoms with E-state index < -0.39 is 21.8 Å². The van der Waals surface area contributed by atoms with Gasteiger partial charge in [0.15, 0.2) is 5.75 Å². The van der Waals surface area contributed by atoms with Crippen molar-refractivity contribution in [2.45, 2.75) is 51.9 Å². The highest BCUT2D eigenvalue weighted by atomic mass is 32.2. The predicted octanol–water partition coefficient (Wildman–Crippen LogP) is 1.65. The number of nitrogens with two attached hydrogens (primary N) is 1. The largest absolute Gasteiger partial charge is 0.480 e. The monoisotopic (exact) mass is 283 g/mol. The van der Waals surface area contributed by atoms with E-state index >= 15 is 0 Å². The Hall–Kier alpha value is -0.660. The SMILES string of the molecule is CCCCCCCCCN.O=C(O)CS(=O)(=O)O. The van der Waals surface area contributed by atoms with E-state index in [9.17, 15) is 13.2 Å². The summed E-state index contributed by atoms with van der Waals surface area (Å²) in [4.78, 5) is 9.48. The highest BCUT2D eigenvalue weighted by molar-refractivity contribution is 7.86. The molecule has 110 valence electrons. The molecule has 0 saturated heterocycles. The van der Waals surface area contributed by atoms with Crippen molar-refractivity contribution in [2.75, 3.05) is 12.3 Å². The van der Waals surface area contributed by atoms with Crippen LogP contribution >= 0.6 is 0 Å². The number of carboxylic acids is 1. The summed E-state index contributed by atoms with van der Waals surface area (Å²) < 4.78 is 27.0. The number of rotatable bonds is 9. The zero-order valence-corrected chi connectivity index (χ0v) is 11.8. The highest BCUT2D eigenvalue weighted by Crippen LogP contribution is 2.05. The molecule has 0 aromatic rings. The number of carbonyl (C=O) groups is 1. The Morgan fingerprint density at radius 1 is 1.06 bits per heavy atom. The third kappa shape index (κ3) is 24.5. The van der Waals surface area contributed by atoms with Gasteiger partial charge >= 0.3 is 5.97 Å². The molecule has 0 aliphatic heterocycles. The number of unbranched alkanes of at least 4 members (excludes halogenated alkanes) is 6. The summed E-state index contributed by atoms with van der Waals surface area (Å²) in [5, 5.41) is 7.71. The molecule has 0 aliphatic carbocycles. The van der Waals surface area contributed by atoms with E-state index in [-0.39, 0.29) is 0 Å². The first-order chi connectivity index (χ1) is 8.33. The Balaban J connectivity index is 0. The number of aliphatic carboxylic acids is 1. The van der Waals surface area contributed by atoms with Gasteiger partial charge in [0.2, 0.25) is 0 Å². The first-order valence-electron chi connectivity index (χ1n) is 6.20. The molecule has 0 aliphatic rings. The van der Waals surface area contributed by atoms with Crippen LogP contribution in [-0.2, 0) is 14.9 Å². The van der Waals surface area contributed by atoms with Crippen molar-refractivity contribution in [1.29, 1.82) is 0 Å². The van der Waals surface area contributed by atoms with Crippen LogP contribution in [-0.4, -0.2) is 36.3 Å². The lowest BCUT2D eigenvalue weighted by Gasteiger charge is -1.97. The van der Waals surface area contributed by atoms with Gasteiger partial charge < -0.3 is 10.8 Å². The quantitative estimate of drug-likeness (QED) is 0.437. The maximum Gasteiger partial charge on any atom is 0.321 e. The van der Waals surface area contributed by atoms with Crippen LogP contribution in [0.1, 0.15) is 51.9 Å². The maximum absolute atomic E-state index is 9.62. The van der Waals surface area contributed by atoms with Crippen LogP contribution < -0.4 is 5.73 Å². The van der Waals surface area contributed by atoms with E-state index in [2.05, 4.69) is 6.92 Å². The maximum atomic E-state index is 9.62. The van der Waals surface area contributed by atoms with Crippen LogP contribution in [0.5, 0.6) is 0 Å². The smallest absolute Gasteiger partial charge is 0.321 e. The molecule has 0 saturated carbocycles. The Morgan fingerprint density at radius 3 is 1.78 bits per heavy atom. The van der Waals surface area contributed by atoms with Crippen molar-refractivity contribution >= 4 is 16.1 Å². The minimum Gasteiger partial charge on any atom is -0.480 e. The van der Waals surface area contributed by atoms with Gasteiger partial charge in [-0.15, -0.1) is 0 Å². The first-order valence-corrected chi connectivity index (χ1v) is 7.81. The van der Waals surface area contributed by atoms with Crippen LogP contribution in [0.2, 0.25) is 0 Å². The van der Waals surface area contributed by atoms with Gasteiger partial charge in [-0.25, -0.2) is 0 Å². The van der Waals surface area contributed by atoms with Crippen molar-refractivity contribution in [1.82, 2.24) is 0 Å². The minimum absolute atomic E-state index is 0.869. The molecule has 0 aromatic carbocycles. The second-order valence-electron chi connectivity index (χ2n) is 4.03. The summed E-state index contributed by atoms with van der Waals surface area (Å²) in [6.07, 6.45) is 9.51. The molecular weight excluding hydrogens is 258 g/mol. The molecule has 18 heavy (non-hydrogen) atoms. The zero-order valence-electron chi connectivity index (χ0n) is 11.0. The highest BCUT2D eigenvalue weighted by Gasteiger charge is 2.09. The lowest BCUT2D eigenvalue weighted by atomic mass is 10.1. The Labute approximate surface area is 109 Å². The molecule has 0 heterocycles. The van der Waals surface area contributed by atoms with Crippen LogP contribution in [0.3, 0.4) is 0 Å². The fraction of sp³-hybridized carbons (Fsp3) is 0.909. The normalized spacial score (nSPS) is 10.6. The van der Waals surface area contributed by atoms with Crippen LogP contribution in [0, 0.1) is 0 Å². The molecule has 0 radical (unpaired) electrons. The van der Waals surface area contributed by atoms with E-state index in [4.69, 9.17) is 15.4 Å². The molecule has 0 fully saturated rings. The molecule has 0 unspecified atom stereocenters. The Kier molecular flexibility index (Phi) is 14.0. The minimum atomic E-state index is -4.32. The van der Waals surface area contributed by atoms with Crippen LogP contribution in [0.15, 0.2) is 0 Å². The van der Waals surface area contributed by atoms with Gasteiger partial charge in [-0.05, 0) is 13.0 Å². The molecule has 0 rings (SSSR count). The van der Waals surface area contributed by atoms with Gasteiger partial charge in [0.25, 0.3) is 10.1 Å². The number of hydrogen-bond donors (Lipinski definition) is 3. The third-order valence-electron chi connectivity index (χ3n) is 2.11. The molecule has 6 nitrogen and oxygen atoms in total. The summed E-state index contributed by atoms with van der Waals surface area (Å²) >= 11 is 0. The van der Waals surface area contributed by atoms with Crippen molar-refractivity contribution in [3.05, 3.63) is 0 Å². The summed E-state index contributed by atoms with van der Waals surface area (Å²) in [6.45, 7) is 3.12. The van der Waals surface area contributed by atoms with Gasteiger partial charge in [-0.3, -0.25) is 9.35 Å². The molecule has 0 aromatic heterocycles. The van der Waals surface area contributed by atoms with Crippen molar-refractivity contribution in [3.63, 3.8) is 0 Å². The standard InChI is InChI=1S/C9H21N.C2H4O5S/c1-2-3-4-5-6-7-8-9-10;3-2(4)1-8(5,6)7/h2-10H2,1H3;1H2,(H,3,4)(H,5,6,7). The molecular formula is C11H25NO5S. The summed E-state index contributed by atoms with van der Waals surface area (Å²) in [6, 6.07) is 0. The molecule has 0 spiro atoms. The summed E-state index contributed by atoms with van der Waals surface area (Å²) in [5.41, 5.74) is 5.37. The Bertz CT molecular complexity index is 282. The fourth-order valence-corrected chi connectivity index (χ4v) is 1.57. The third-order valence-corrected chi connectivity index (χ3v) is 2.73. The average molecular weight is 283 g/mol. The van der Waals surface area contributed by atoms with Gasteiger partial charge in [-0.2, -0.15) is 8.42 Å². The predicted molar refractivity (Wildman–Crippen MR) is 71.1 cm³/mol. The van der Waals surface area contributed by atoms with Gasteiger partial charge in [0.1, 0.15) is 0 Å². The summed E-state index contributed by atoms with van der Waals surface area (Å²) in [7, 11) is -4.32. The second kappa shape index (κ2) is 12.8. The van der Waals surface area contributed by atoms with Crippen LogP contribution in [0.25, 0.3) is 0 Å². The Morgan fingerprint density at radius 2 is 1.50 bits per heavy atom. The van der Waals surface area contributed by atoms with Gasteiger partial charge in [0.05, 0.1) is 0 Å². The number of carboxylic acid groups (broad SMARTS) is 1. The summed E-state index contributed by atoms with van der Waals surface area (Å²) in [5.74, 6) is -2.79. The molecule has 4 N–H and O–H groups in total. The van der Waals surface area contributed by atoms with Crippen molar-refractivity contribution in [3.8, 4) is 0 Å². The van der Waals surface area contributed by atoms with E-state index in [1.165, 1.54) is 44.9 Å². The van der Waals surface area contributed by atoms with Gasteiger partial charge in [0, 0.05) is 0 Å². The number of hydrogen-bond acceptors (Lipinski definition) is 4. The van der Waals surface area contributed by atoms with E-state index in [1.54, 1.807) is 0 Å². The molecule has 7 heteroatoms. The zero-order chi connectivity index (χ0) is 14.4. The van der Waals surface area contributed by atoms with E-state index in [0.717, 1.165) is 6.54 Å². The lowest BCUT2D eigenvalue weighted by molar-refractivity contribution is -0.134. The van der Waals surface area contributed by atoms with Gasteiger partial charge in [-0.1, -0.05) is 45.4 Å². The van der Waals surface area contributed by atoms with Crippen LogP contribution in [0.4, 0.5) is 0 Å². The van der Waals surface area contributed by atoms with E-state index in [0.29, 0.717) is 0 Å². The van der Waals surface area contributed by atoms with Crippen molar-refractivity contribution in [2.24, 2.45) is 5.73 Å². The first kappa shape index (κ1) is 19.7. The molecule has 0 amide bonds. The topological polar surface area (TPSA) is 118 Å². The second-order valence-corrected chi connectivity index (χ2v) is 5.48. The van der Waals surface area contributed by atoms with Crippen molar-refractivity contribution < 1.29 is 22.9 Å². The molecule has 0 atom stereocenters. The fourth-order valence-electron chi connectivity index (χ4n) is 1.26. The molecule has 0 bridgehead atoms. The van der Waals surface area contributed by atoms with E-state index in [1.807, 2.05) is 0 Å². The lowest BCUT2D eigenvalue weighted by Crippen LogP contribution is -2.13.